The van der Waals surface area contributed by atoms with Crippen molar-refractivity contribution in [2.75, 3.05) is 6.61 Å². The lowest BCUT2D eigenvalue weighted by atomic mass is 9.82. The lowest BCUT2D eigenvalue weighted by Crippen LogP contribution is -2.10. The van der Waals surface area contributed by atoms with Crippen LogP contribution in [0.4, 0.5) is 0 Å². The average Bonchev–Trinajstić information content (AvgIpc) is 2.38. The van der Waals surface area contributed by atoms with Gasteiger partial charge in [-0.05, 0) is 42.0 Å². The summed E-state index contributed by atoms with van der Waals surface area (Å²) in [6.45, 7) is 10.6. The van der Waals surface area contributed by atoms with Gasteiger partial charge in [-0.1, -0.05) is 63.3 Å². The third-order valence-corrected chi connectivity index (χ3v) is 3.18. The molecule has 0 atom stereocenters. The molecule has 0 spiro atoms. The summed E-state index contributed by atoms with van der Waals surface area (Å²) in [5.74, 6) is 0. The van der Waals surface area contributed by atoms with E-state index < -0.39 is 0 Å². The van der Waals surface area contributed by atoms with Gasteiger partial charge in [-0.3, -0.25) is 0 Å². The van der Waals surface area contributed by atoms with Crippen molar-refractivity contribution < 1.29 is 5.11 Å². The molecular weight excluding hydrogens is 256 g/mol. The van der Waals surface area contributed by atoms with E-state index in [1.165, 1.54) is 5.56 Å². The second-order valence-corrected chi connectivity index (χ2v) is 6.28. The number of aliphatic hydroxyl groups excluding tert-OH is 1. The van der Waals surface area contributed by atoms with Gasteiger partial charge in [-0.2, -0.15) is 0 Å². The van der Waals surface area contributed by atoms with Gasteiger partial charge in [-0.15, -0.1) is 5.73 Å². The predicted octanol–water partition coefficient (Wildman–Crippen LogP) is 5.16. The van der Waals surface area contributed by atoms with Crippen molar-refractivity contribution in [2.24, 2.45) is 5.41 Å². The SMILES string of the molecule is C/C(=C/CO)C(=C=C/C(C)=C/c1ccccc1)C(C)(C)C. The first-order valence-electron chi connectivity index (χ1n) is 7.33. The topological polar surface area (TPSA) is 20.2 Å². The molecule has 0 unspecified atom stereocenters. The third-order valence-electron chi connectivity index (χ3n) is 3.18. The Balaban J connectivity index is 3.16. The molecule has 0 aliphatic heterocycles. The lowest BCUT2D eigenvalue weighted by molar-refractivity contribution is 0.341. The van der Waals surface area contributed by atoms with Gasteiger partial charge in [0.05, 0.1) is 6.61 Å². The fraction of sp³-hybridized carbons (Fsp3) is 0.350. The minimum Gasteiger partial charge on any atom is -0.392 e. The maximum Gasteiger partial charge on any atom is 0.0618 e. The van der Waals surface area contributed by atoms with E-state index in [2.05, 4.69) is 51.6 Å². The molecule has 1 rings (SSSR count). The standard InChI is InChI=1S/C20H26O/c1-16(15-18-9-7-6-8-10-18)11-12-19(20(3,4)5)17(2)13-14-21/h6-11,13,15,21H,14H2,1-5H3/b16-15+,17-13-. The lowest BCUT2D eigenvalue weighted by Gasteiger charge is -2.21. The molecule has 0 fully saturated rings. The van der Waals surface area contributed by atoms with E-state index >= 15 is 0 Å². The molecule has 1 aromatic rings. The second-order valence-electron chi connectivity index (χ2n) is 6.28. The summed E-state index contributed by atoms with van der Waals surface area (Å²) >= 11 is 0. The van der Waals surface area contributed by atoms with E-state index in [1.807, 2.05) is 37.3 Å². The summed E-state index contributed by atoms with van der Waals surface area (Å²) in [5.41, 5.74) is 7.95. The average molecular weight is 282 g/mol. The number of benzene rings is 1. The molecule has 1 heteroatoms. The van der Waals surface area contributed by atoms with Crippen molar-refractivity contribution >= 4 is 6.08 Å². The number of allylic oxidation sites excluding steroid dienone is 3. The van der Waals surface area contributed by atoms with Crippen LogP contribution in [0.1, 0.15) is 40.2 Å². The van der Waals surface area contributed by atoms with Gasteiger partial charge >= 0.3 is 0 Å². The van der Waals surface area contributed by atoms with E-state index in [-0.39, 0.29) is 12.0 Å². The van der Waals surface area contributed by atoms with Crippen LogP contribution in [0.15, 0.2) is 64.9 Å². The summed E-state index contributed by atoms with van der Waals surface area (Å²) in [4.78, 5) is 0. The molecule has 0 radical (unpaired) electrons. The van der Waals surface area contributed by atoms with Gasteiger partial charge in [0.2, 0.25) is 0 Å². The predicted molar refractivity (Wildman–Crippen MR) is 92.0 cm³/mol. The van der Waals surface area contributed by atoms with Crippen LogP contribution in [-0.2, 0) is 0 Å². The van der Waals surface area contributed by atoms with E-state index in [0.717, 1.165) is 16.7 Å². The fourth-order valence-electron chi connectivity index (χ4n) is 2.20. The highest BCUT2D eigenvalue weighted by atomic mass is 16.2. The van der Waals surface area contributed by atoms with Crippen LogP contribution in [0, 0.1) is 5.41 Å². The molecule has 0 aliphatic carbocycles. The summed E-state index contributed by atoms with van der Waals surface area (Å²) in [6.07, 6.45) is 5.98. The molecule has 0 amide bonds. The maximum absolute atomic E-state index is 9.08. The molecule has 0 heterocycles. The van der Waals surface area contributed by atoms with Gasteiger partial charge in [-0.25, -0.2) is 0 Å². The summed E-state index contributed by atoms with van der Waals surface area (Å²) in [6, 6.07) is 10.3. The van der Waals surface area contributed by atoms with Crippen LogP contribution in [-0.4, -0.2) is 11.7 Å². The van der Waals surface area contributed by atoms with E-state index in [4.69, 9.17) is 5.11 Å². The zero-order valence-corrected chi connectivity index (χ0v) is 13.8. The second kappa shape index (κ2) is 7.83. The Kier molecular flexibility index (Phi) is 6.42. The molecule has 0 aromatic heterocycles. The Morgan fingerprint density at radius 1 is 1.14 bits per heavy atom. The van der Waals surface area contributed by atoms with Crippen molar-refractivity contribution in [1.82, 2.24) is 0 Å². The van der Waals surface area contributed by atoms with E-state index in [1.54, 1.807) is 0 Å². The van der Waals surface area contributed by atoms with Crippen molar-refractivity contribution in [1.29, 1.82) is 0 Å². The fourth-order valence-corrected chi connectivity index (χ4v) is 2.20. The number of hydrogen-bond acceptors (Lipinski definition) is 1. The largest absolute Gasteiger partial charge is 0.392 e. The Hall–Kier alpha value is -1.82. The highest BCUT2D eigenvalue weighted by molar-refractivity contribution is 5.55. The van der Waals surface area contributed by atoms with Gasteiger partial charge in [0.15, 0.2) is 0 Å². The van der Waals surface area contributed by atoms with Crippen LogP contribution >= 0.6 is 0 Å². The van der Waals surface area contributed by atoms with Crippen molar-refractivity contribution in [3.05, 3.63) is 70.5 Å². The minimum atomic E-state index is -0.000714. The molecule has 1 nitrogen and oxygen atoms in total. The molecule has 21 heavy (non-hydrogen) atoms. The zero-order chi connectivity index (χ0) is 15.9. The molecule has 0 saturated heterocycles. The molecule has 1 N–H and O–H groups in total. The third kappa shape index (κ3) is 5.99. The number of aliphatic hydroxyl groups is 1. The quantitative estimate of drug-likeness (QED) is 0.597. The van der Waals surface area contributed by atoms with Gasteiger partial charge in [0.25, 0.3) is 0 Å². The van der Waals surface area contributed by atoms with E-state index in [9.17, 15) is 0 Å². The zero-order valence-electron chi connectivity index (χ0n) is 13.8. The number of rotatable bonds is 4. The maximum atomic E-state index is 9.08. The van der Waals surface area contributed by atoms with Crippen LogP contribution in [0.2, 0.25) is 0 Å². The highest BCUT2D eigenvalue weighted by Gasteiger charge is 2.17. The monoisotopic (exact) mass is 282 g/mol. The van der Waals surface area contributed by atoms with Crippen molar-refractivity contribution in [3.63, 3.8) is 0 Å². The number of hydrogen-bond donors (Lipinski definition) is 1. The summed E-state index contributed by atoms with van der Waals surface area (Å²) in [5, 5.41) is 9.08. The molecular formula is C20H26O. The minimum absolute atomic E-state index is 0.000714. The molecule has 0 saturated carbocycles. The summed E-state index contributed by atoms with van der Waals surface area (Å²) < 4.78 is 0. The molecule has 0 bridgehead atoms. The highest BCUT2D eigenvalue weighted by Crippen LogP contribution is 2.30. The first-order valence-corrected chi connectivity index (χ1v) is 7.33. The van der Waals surface area contributed by atoms with Crippen LogP contribution < -0.4 is 0 Å². The molecule has 112 valence electrons. The smallest absolute Gasteiger partial charge is 0.0618 e. The van der Waals surface area contributed by atoms with Crippen molar-refractivity contribution in [2.45, 2.75) is 34.6 Å². The normalized spacial score (nSPS) is 12.9. The van der Waals surface area contributed by atoms with Crippen molar-refractivity contribution in [3.8, 4) is 0 Å². The van der Waals surface area contributed by atoms with Gasteiger partial charge < -0.3 is 5.11 Å². The Bertz CT molecular complexity index is 574. The van der Waals surface area contributed by atoms with Gasteiger partial charge in [0.1, 0.15) is 0 Å². The Labute approximate surface area is 129 Å². The Morgan fingerprint density at radius 3 is 2.29 bits per heavy atom. The van der Waals surface area contributed by atoms with Crippen LogP contribution in [0.3, 0.4) is 0 Å². The van der Waals surface area contributed by atoms with Crippen LogP contribution in [0.5, 0.6) is 0 Å². The van der Waals surface area contributed by atoms with Gasteiger partial charge in [0, 0.05) is 5.57 Å². The Morgan fingerprint density at radius 2 is 1.76 bits per heavy atom. The summed E-state index contributed by atoms with van der Waals surface area (Å²) in [7, 11) is 0. The molecule has 1 aromatic carbocycles. The molecule has 0 aliphatic rings. The first-order chi connectivity index (χ1) is 9.84. The van der Waals surface area contributed by atoms with E-state index in [0.29, 0.717) is 0 Å². The van der Waals surface area contributed by atoms with Crippen LogP contribution in [0.25, 0.3) is 6.08 Å². The first kappa shape index (κ1) is 17.2.